The first-order valence-corrected chi connectivity index (χ1v) is 9.36. The van der Waals surface area contributed by atoms with Crippen LogP contribution < -0.4 is 19.7 Å². The van der Waals surface area contributed by atoms with Crippen molar-refractivity contribution in [2.24, 2.45) is 0 Å². The standard InChI is InChI=1S/C21H25N3O3/c1-16-3-2-4-18(11-16)24-9-7-23(8-10-24)14-21(25)22-13-17-5-6-19-20(12-17)27-15-26-19/h2-6,11-12H,7-10,13-15H2,1H3,(H,22,25). The fraction of sp³-hybridized carbons (Fsp3) is 0.381. The summed E-state index contributed by atoms with van der Waals surface area (Å²) in [6.45, 7) is 6.99. The molecule has 27 heavy (non-hydrogen) atoms. The van der Waals surface area contributed by atoms with Crippen LogP contribution in [0.4, 0.5) is 5.69 Å². The number of nitrogens with zero attached hydrogens (tertiary/aromatic N) is 2. The van der Waals surface area contributed by atoms with Crippen LogP contribution in [0.5, 0.6) is 11.5 Å². The lowest BCUT2D eigenvalue weighted by Gasteiger charge is -2.35. The summed E-state index contributed by atoms with van der Waals surface area (Å²) in [7, 11) is 0. The minimum absolute atomic E-state index is 0.0525. The third-order valence-electron chi connectivity index (χ3n) is 5.03. The zero-order valence-corrected chi connectivity index (χ0v) is 15.6. The Bertz CT molecular complexity index is 816. The van der Waals surface area contributed by atoms with Crippen molar-refractivity contribution in [2.75, 3.05) is 44.4 Å². The first-order chi connectivity index (χ1) is 13.2. The van der Waals surface area contributed by atoms with E-state index in [1.54, 1.807) is 0 Å². The Morgan fingerprint density at radius 2 is 1.85 bits per heavy atom. The summed E-state index contributed by atoms with van der Waals surface area (Å²) in [4.78, 5) is 16.9. The van der Waals surface area contributed by atoms with Crippen molar-refractivity contribution < 1.29 is 14.3 Å². The summed E-state index contributed by atoms with van der Waals surface area (Å²) in [5.41, 5.74) is 3.55. The highest BCUT2D eigenvalue weighted by Crippen LogP contribution is 2.32. The molecule has 1 saturated heterocycles. The molecule has 0 radical (unpaired) electrons. The van der Waals surface area contributed by atoms with Gasteiger partial charge in [-0.2, -0.15) is 0 Å². The van der Waals surface area contributed by atoms with E-state index in [0.29, 0.717) is 13.1 Å². The van der Waals surface area contributed by atoms with Crippen molar-refractivity contribution in [2.45, 2.75) is 13.5 Å². The van der Waals surface area contributed by atoms with E-state index in [9.17, 15) is 4.79 Å². The molecule has 1 amide bonds. The van der Waals surface area contributed by atoms with Gasteiger partial charge < -0.3 is 19.7 Å². The molecule has 6 heteroatoms. The Kier molecular flexibility index (Phi) is 5.16. The summed E-state index contributed by atoms with van der Waals surface area (Å²) in [5, 5.41) is 3.00. The van der Waals surface area contributed by atoms with Crippen LogP contribution in [0, 0.1) is 6.92 Å². The molecule has 0 atom stereocenters. The number of nitrogens with one attached hydrogen (secondary N) is 1. The maximum Gasteiger partial charge on any atom is 0.234 e. The van der Waals surface area contributed by atoms with Crippen LogP contribution in [0.1, 0.15) is 11.1 Å². The zero-order valence-electron chi connectivity index (χ0n) is 15.6. The summed E-state index contributed by atoms with van der Waals surface area (Å²) in [6, 6.07) is 14.3. The van der Waals surface area contributed by atoms with Gasteiger partial charge in [-0.15, -0.1) is 0 Å². The molecule has 0 spiro atoms. The fourth-order valence-corrected chi connectivity index (χ4v) is 3.50. The monoisotopic (exact) mass is 367 g/mol. The first-order valence-electron chi connectivity index (χ1n) is 9.36. The lowest BCUT2D eigenvalue weighted by molar-refractivity contribution is -0.122. The molecule has 0 aliphatic carbocycles. The minimum atomic E-state index is 0.0525. The molecule has 2 aliphatic rings. The van der Waals surface area contributed by atoms with Gasteiger partial charge in [-0.1, -0.05) is 18.2 Å². The second-order valence-corrected chi connectivity index (χ2v) is 7.07. The maximum atomic E-state index is 12.3. The second kappa shape index (κ2) is 7.88. The molecule has 2 aliphatic heterocycles. The Labute approximate surface area is 159 Å². The predicted molar refractivity (Wildman–Crippen MR) is 104 cm³/mol. The first kappa shape index (κ1) is 17.7. The summed E-state index contributed by atoms with van der Waals surface area (Å²) in [5.74, 6) is 1.56. The molecule has 0 aromatic heterocycles. The number of aryl methyl sites for hydroxylation is 1. The van der Waals surface area contributed by atoms with Crippen LogP contribution in [-0.4, -0.2) is 50.3 Å². The van der Waals surface area contributed by atoms with Gasteiger partial charge in [0.2, 0.25) is 12.7 Å². The summed E-state index contributed by atoms with van der Waals surface area (Å²) >= 11 is 0. The number of rotatable bonds is 5. The molecule has 0 unspecified atom stereocenters. The minimum Gasteiger partial charge on any atom is -0.454 e. The van der Waals surface area contributed by atoms with E-state index in [2.05, 4.69) is 46.3 Å². The van der Waals surface area contributed by atoms with Crippen molar-refractivity contribution in [3.05, 3.63) is 53.6 Å². The van der Waals surface area contributed by atoms with Crippen LogP contribution in [0.2, 0.25) is 0 Å². The molecule has 4 rings (SSSR count). The topological polar surface area (TPSA) is 54.0 Å². The van der Waals surface area contributed by atoms with Crippen LogP contribution in [-0.2, 0) is 11.3 Å². The van der Waals surface area contributed by atoms with E-state index >= 15 is 0 Å². The molecule has 142 valence electrons. The molecule has 0 bridgehead atoms. The van der Waals surface area contributed by atoms with Gasteiger partial charge in [-0.25, -0.2) is 0 Å². The van der Waals surface area contributed by atoms with Crippen molar-refractivity contribution in [3.8, 4) is 11.5 Å². The third kappa shape index (κ3) is 4.34. The van der Waals surface area contributed by atoms with Crippen molar-refractivity contribution in [1.29, 1.82) is 0 Å². The molecule has 6 nitrogen and oxygen atoms in total. The van der Waals surface area contributed by atoms with Gasteiger partial charge in [0, 0.05) is 38.4 Å². The number of hydrogen-bond donors (Lipinski definition) is 1. The van der Waals surface area contributed by atoms with Gasteiger partial charge in [0.25, 0.3) is 0 Å². The Morgan fingerprint density at radius 1 is 1.04 bits per heavy atom. The molecule has 0 saturated carbocycles. The lowest BCUT2D eigenvalue weighted by Crippen LogP contribution is -2.49. The SMILES string of the molecule is Cc1cccc(N2CCN(CC(=O)NCc3ccc4c(c3)OCO4)CC2)c1. The number of piperazine rings is 1. The second-order valence-electron chi connectivity index (χ2n) is 7.07. The molecule has 2 aromatic rings. The molecule has 2 heterocycles. The predicted octanol–water partition coefficient (Wildman–Crippen LogP) is 2.16. The Hall–Kier alpha value is -2.73. The van der Waals surface area contributed by atoms with E-state index in [1.807, 2.05) is 18.2 Å². The number of carbonyl (C=O) groups excluding carboxylic acids is 1. The molecule has 1 fully saturated rings. The number of anilines is 1. The number of carbonyl (C=O) groups is 1. The van der Waals surface area contributed by atoms with Gasteiger partial charge in [-0.05, 0) is 42.3 Å². The third-order valence-corrected chi connectivity index (χ3v) is 5.03. The largest absolute Gasteiger partial charge is 0.454 e. The van der Waals surface area contributed by atoms with Crippen LogP contribution >= 0.6 is 0 Å². The van der Waals surface area contributed by atoms with Crippen molar-refractivity contribution in [3.63, 3.8) is 0 Å². The molecule has 2 aromatic carbocycles. The van der Waals surface area contributed by atoms with Gasteiger partial charge in [0.1, 0.15) is 0 Å². The number of benzene rings is 2. The lowest BCUT2D eigenvalue weighted by atomic mass is 10.2. The zero-order chi connectivity index (χ0) is 18.6. The van der Waals surface area contributed by atoms with Crippen LogP contribution in [0.3, 0.4) is 0 Å². The number of fused-ring (bicyclic) bond motifs is 1. The van der Waals surface area contributed by atoms with Gasteiger partial charge in [0.05, 0.1) is 6.54 Å². The normalized spacial score (nSPS) is 16.4. The average Bonchev–Trinajstić information content (AvgIpc) is 3.15. The summed E-state index contributed by atoms with van der Waals surface area (Å²) in [6.07, 6.45) is 0. The van der Waals surface area contributed by atoms with Gasteiger partial charge >= 0.3 is 0 Å². The van der Waals surface area contributed by atoms with E-state index in [4.69, 9.17) is 9.47 Å². The molecular weight excluding hydrogens is 342 g/mol. The van der Waals surface area contributed by atoms with Crippen LogP contribution in [0.15, 0.2) is 42.5 Å². The number of amides is 1. The van der Waals surface area contributed by atoms with E-state index in [-0.39, 0.29) is 12.7 Å². The van der Waals surface area contributed by atoms with Gasteiger partial charge in [-0.3, -0.25) is 9.69 Å². The number of hydrogen-bond acceptors (Lipinski definition) is 5. The highest BCUT2D eigenvalue weighted by atomic mass is 16.7. The van der Waals surface area contributed by atoms with E-state index < -0.39 is 0 Å². The van der Waals surface area contributed by atoms with Crippen molar-refractivity contribution in [1.82, 2.24) is 10.2 Å². The quantitative estimate of drug-likeness (QED) is 0.878. The maximum absolute atomic E-state index is 12.3. The highest BCUT2D eigenvalue weighted by molar-refractivity contribution is 5.78. The smallest absolute Gasteiger partial charge is 0.234 e. The van der Waals surface area contributed by atoms with E-state index in [1.165, 1.54) is 11.3 Å². The van der Waals surface area contributed by atoms with Crippen molar-refractivity contribution >= 4 is 11.6 Å². The molecular formula is C21H25N3O3. The fourth-order valence-electron chi connectivity index (χ4n) is 3.50. The Morgan fingerprint density at radius 3 is 2.67 bits per heavy atom. The summed E-state index contributed by atoms with van der Waals surface area (Å²) < 4.78 is 10.7. The van der Waals surface area contributed by atoms with E-state index in [0.717, 1.165) is 43.2 Å². The number of ether oxygens (including phenoxy) is 2. The van der Waals surface area contributed by atoms with Gasteiger partial charge in [0.15, 0.2) is 11.5 Å². The molecule has 1 N–H and O–H groups in total. The Balaban J connectivity index is 1.22. The van der Waals surface area contributed by atoms with Crippen LogP contribution in [0.25, 0.3) is 0 Å². The highest BCUT2D eigenvalue weighted by Gasteiger charge is 2.19. The average molecular weight is 367 g/mol.